The number of hydrogen-bond acceptors (Lipinski definition) is 6. The third-order valence-electron chi connectivity index (χ3n) is 7.11. The van der Waals surface area contributed by atoms with Gasteiger partial charge in [0.15, 0.2) is 0 Å². The Balaban J connectivity index is 1.36. The van der Waals surface area contributed by atoms with Crippen LogP contribution in [0.15, 0.2) is 43.1 Å². The van der Waals surface area contributed by atoms with Gasteiger partial charge in [0.05, 0.1) is 18.2 Å². The largest absolute Gasteiger partial charge is 0.507 e. The SMILES string of the molecule is CN(c1ncc(-c2ccc(-n3ccnc3)cc2O)nn1)[C@H]1C[C@]2(C)CC[C@](C)(C1)C2. The van der Waals surface area contributed by atoms with Crippen molar-refractivity contribution in [2.75, 3.05) is 11.9 Å². The number of phenolic OH excluding ortho intramolecular Hbond substituents is 1. The van der Waals surface area contributed by atoms with Gasteiger partial charge in [-0.25, -0.2) is 9.97 Å². The second kappa shape index (κ2) is 6.79. The number of imidazole rings is 1. The molecule has 2 aliphatic rings. The van der Waals surface area contributed by atoms with E-state index in [1.165, 1.54) is 32.1 Å². The Hall–Kier alpha value is -2.96. The number of anilines is 1. The number of fused-ring (bicyclic) bond motifs is 2. The van der Waals surface area contributed by atoms with Crippen LogP contribution in [0, 0.1) is 10.8 Å². The van der Waals surface area contributed by atoms with Crippen LogP contribution in [0.1, 0.15) is 46.0 Å². The number of rotatable bonds is 4. The molecule has 0 aliphatic heterocycles. The number of aromatic nitrogens is 5. The molecule has 30 heavy (non-hydrogen) atoms. The van der Waals surface area contributed by atoms with Gasteiger partial charge in [0.2, 0.25) is 5.95 Å². The first kappa shape index (κ1) is 19.0. The van der Waals surface area contributed by atoms with Crippen molar-refractivity contribution in [2.45, 2.75) is 52.0 Å². The van der Waals surface area contributed by atoms with Gasteiger partial charge in [0.25, 0.3) is 0 Å². The molecule has 7 heteroatoms. The van der Waals surface area contributed by atoms with E-state index in [4.69, 9.17) is 0 Å². The molecule has 2 heterocycles. The first-order valence-corrected chi connectivity index (χ1v) is 10.6. The highest BCUT2D eigenvalue weighted by Gasteiger charge is 2.50. The standard InChI is InChI=1S/C23H28N6O/c1-22-6-7-23(2,14-22)12-17(11-22)28(3)21-25-13-19(26-27-21)18-5-4-16(10-20(18)30)29-9-8-24-15-29/h4-5,8-10,13,15,17,30H,6-7,11-12,14H2,1-3H3/t17-,22-,23+. The second-order valence-corrected chi connectivity index (χ2v) is 9.79. The number of benzene rings is 1. The van der Waals surface area contributed by atoms with Gasteiger partial charge in [0, 0.05) is 37.1 Å². The molecule has 0 amide bonds. The fourth-order valence-corrected chi connectivity index (χ4v) is 5.67. The number of hydrogen-bond donors (Lipinski definition) is 1. The zero-order chi connectivity index (χ0) is 20.9. The normalized spacial score (nSPS) is 27.9. The van der Waals surface area contributed by atoms with Gasteiger partial charge >= 0.3 is 0 Å². The van der Waals surface area contributed by atoms with E-state index in [1.807, 2.05) is 22.9 Å². The summed E-state index contributed by atoms with van der Waals surface area (Å²) in [6.45, 7) is 4.85. The molecule has 0 spiro atoms. The Labute approximate surface area is 176 Å². The predicted molar refractivity (Wildman–Crippen MR) is 116 cm³/mol. The lowest BCUT2D eigenvalue weighted by Crippen LogP contribution is -2.43. The van der Waals surface area contributed by atoms with Gasteiger partial charge in [-0.15, -0.1) is 10.2 Å². The highest BCUT2D eigenvalue weighted by Crippen LogP contribution is 2.58. The maximum Gasteiger partial charge on any atom is 0.245 e. The molecule has 2 saturated carbocycles. The molecule has 156 valence electrons. The molecule has 0 unspecified atom stereocenters. The zero-order valence-corrected chi connectivity index (χ0v) is 17.8. The van der Waals surface area contributed by atoms with Crippen LogP contribution in [-0.4, -0.2) is 42.9 Å². The van der Waals surface area contributed by atoms with Gasteiger partial charge in [-0.1, -0.05) is 13.8 Å². The molecule has 2 fully saturated rings. The maximum absolute atomic E-state index is 10.5. The topological polar surface area (TPSA) is 80.0 Å². The number of aromatic hydroxyl groups is 1. The molecule has 3 atom stereocenters. The van der Waals surface area contributed by atoms with Crippen LogP contribution in [0.25, 0.3) is 16.9 Å². The van der Waals surface area contributed by atoms with Crippen molar-refractivity contribution in [3.63, 3.8) is 0 Å². The molecule has 2 aliphatic carbocycles. The quantitative estimate of drug-likeness (QED) is 0.701. The lowest BCUT2D eigenvalue weighted by molar-refractivity contribution is 0.147. The third-order valence-corrected chi connectivity index (χ3v) is 7.11. The van der Waals surface area contributed by atoms with Crippen LogP contribution in [-0.2, 0) is 0 Å². The molecule has 1 aromatic carbocycles. The fourth-order valence-electron chi connectivity index (χ4n) is 5.67. The van der Waals surface area contributed by atoms with Gasteiger partial charge in [-0.3, -0.25) is 0 Å². The summed E-state index contributed by atoms with van der Waals surface area (Å²) >= 11 is 0. The Bertz CT molecular complexity index is 1030. The Morgan fingerprint density at radius 3 is 2.50 bits per heavy atom. The van der Waals surface area contributed by atoms with E-state index in [0.29, 0.717) is 34.1 Å². The minimum Gasteiger partial charge on any atom is -0.507 e. The highest BCUT2D eigenvalue weighted by molar-refractivity contribution is 5.68. The van der Waals surface area contributed by atoms with Crippen LogP contribution in [0.3, 0.4) is 0 Å². The van der Waals surface area contributed by atoms with Crippen LogP contribution in [0.4, 0.5) is 5.95 Å². The van der Waals surface area contributed by atoms with Crippen molar-refractivity contribution in [1.82, 2.24) is 24.7 Å². The summed E-state index contributed by atoms with van der Waals surface area (Å²) in [5.41, 5.74) is 2.87. The molecule has 2 bridgehead atoms. The van der Waals surface area contributed by atoms with E-state index in [9.17, 15) is 5.11 Å². The van der Waals surface area contributed by atoms with Gasteiger partial charge in [-0.05, 0) is 55.1 Å². The van der Waals surface area contributed by atoms with Crippen LogP contribution in [0.5, 0.6) is 5.75 Å². The Morgan fingerprint density at radius 1 is 1.13 bits per heavy atom. The predicted octanol–water partition coefficient (Wildman–Crippen LogP) is 4.23. The summed E-state index contributed by atoms with van der Waals surface area (Å²) in [7, 11) is 2.08. The van der Waals surface area contributed by atoms with E-state index in [-0.39, 0.29) is 5.75 Å². The minimum absolute atomic E-state index is 0.142. The molecule has 5 rings (SSSR count). The lowest BCUT2D eigenvalue weighted by Gasteiger charge is -2.43. The average Bonchev–Trinajstić information content (AvgIpc) is 3.33. The third kappa shape index (κ3) is 3.32. The van der Waals surface area contributed by atoms with E-state index in [2.05, 4.69) is 46.0 Å². The smallest absolute Gasteiger partial charge is 0.245 e. The van der Waals surface area contributed by atoms with Gasteiger partial charge < -0.3 is 14.6 Å². The summed E-state index contributed by atoms with van der Waals surface area (Å²) in [5, 5.41) is 19.3. The van der Waals surface area contributed by atoms with Crippen molar-refractivity contribution in [3.8, 4) is 22.7 Å². The summed E-state index contributed by atoms with van der Waals surface area (Å²) in [4.78, 5) is 10.8. The second-order valence-electron chi connectivity index (χ2n) is 9.79. The molecule has 2 aromatic heterocycles. The van der Waals surface area contributed by atoms with E-state index >= 15 is 0 Å². The fraction of sp³-hybridized carbons (Fsp3) is 0.478. The summed E-state index contributed by atoms with van der Waals surface area (Å²) in [6, 6.07) is 5.88. The summed E-state index contributed by atoms with van der Waals surface area (Å²) < 4.78 is 1.84. The van der Waals surface area contributed by atoms with E-state index < -0.39 is 0 Å². The van der Waals surface area contributed by atoms with Crippen molar-refractivity contribution in [3.05, 3.63) is 43.1 Å². The molecule has 7 nitrogen and oxygen atoms in total. The molecule has 0 radical (unpaired) electrons. The number of nitrogens with zero attached hydrogens (tertiary/aromatic N) is 6. The first-order chi connectivity index (χ1) is 14.3. The van der Waals surface area contributed by atoms with E-state index in [1.54, 1.807) is 24.8 Å². The lowest BCUT2D eigenvalue weighted by atomic mass is 9.68. The van der Waals surface area contributed by atoms with Gasteiger partial charge in [-0.2, -0.15) is 0 Å². The monoisotopic (exact) mass is 404 g/mol. The highest BCUT2D eigenvalue weighted by atomic mass is 16.3. The van der Waals surface area contributed by atoms with Crippen LogP contribution in [0.2, 0.25) is 0 Å². The molecule has 1 N–H and O–H groups in total. The van der Waals surface area contributed by atoms with Crippen molar-refractivity contribution < 1.29 is 5.11 Å². The maximum atomic E-state index is 10.5. The average molecular weight is 405 g/mol. The zero-order valence-electron chi connectivity index (χ0n) is 17.8. The van der Waals surface area contributed by atoms with Crippen molar-refractivity contribution in [1.29, 1.82) is 0 Å². The van der Waals surface area contributed by atoms with Gasteiger partial charge in [0.1, 0.15) is 11.4 Å². The molecule has 3 aromatic rings. The number of phenols is 1. The summed E-state index contributed by atoms with van der Waals surface area (Å²) in [5.74, 6) is 0.787. The molecule has 0 saturated heterocycles. The van der Waals surface area contributed by atoms with E-state index in [0.717, 1.165) is 5.69 Å². The van der Waals surface area contributed by atoms with Crippen molar-refractivity contribution in [2.24, 2.45) is 10.8 Å². The molecular weight excluding hydrogens is 376 g/mol. The Kier molecular flexibility index (Phi) is 4.31. The molecular formula is C23H28N6O. The first-order valence-electron chi connectivity index (χ1n) is 10.6. The van der Waals surface area contributed by atoms with Crippen LogP contribution >= 0.6 is 0 Å². The minimum atomic E-state index is 0.142. The van der Waals surface area contributed by atoms with Crippen molar-refractivity contribution >= 4 is 5.95 Å². The summed E-state index contributed by atoms with van der Waals surface area (Å²) in [6.07, 6.45) is 13.3. The van der Waals surface area contributed by atoms with Crippen LogP contribution < -0.4 is 4.90 Å². The Morgan fingerprint density at radius 2 is 1.90 bits per heavy atom.